The number of benzene rings is 1. The molecule has 0 aromatic heterocycles. The molecule has 0 bridgehead atoms. The summed E-state index contributed by atoms with van der Waals surface area (Å²) in [5.74, 6) is -0.317. The Balaban J connectivity index is 2.25. The summed E-state index contributed by atoms with van der Waals surface area (Å²) >= 11 is 0. The molecule has 1 aromatic rings. The Hall–Kier alpha value is -2.31. The van der Waals surface area contributed by atoms with Crippen molar-refractivity contribution in [1.29, 1.82) is 0 Å². The first-order valence-corrected chi connectivity index (χ1v) is 7.22. The quantitative estimate of drug-likeness (QED) is 0.775. The zero-order chi connectivity index (χ0) is 16.3. The van der Waals surface area contributed by atoms with Crippen molar-refractivity contribution in [3.8, 4) is 0 Å². The fourth-order valence-electron chi connectivity index (χ4n) is 2.93. The molecule has 4 amide bonds. The summed E-state index contributed by atoms with van der Waals surface area (Å²) in [5, 5.41) is 5.37. The minimum Gasteiger partial charge on any atom is -0.351 e. The molecule has 2 atom stereocenters. The molecule has 2 rings (SSSR count). The predicted octanol–water partition coefficient (Wildman–Crippen LogP) is 1.65. The molecule has 1 aromatic carbocycles. The molecule has 1 aliphatic heterocycles. The van der Waals surface area contributed by atoms with Crippen molar-refractivity contribution in [3.63, 3.8) is 0 Å². The van der Waals surface area contributed by atoms with Gasteiger partial charge in [-0.3, -0.25) is 0 Å². The summed E-state index contributed by atoms with van der Waals surface area (Å²) in [6, 6.07) is 3.38. The van der Waals surface area contributed by atoms with Gasteiger partial charge >= 0.3 is 12.1 Å². The summed E-state index contributed by atoms with van der Waals surface area (Å²) in [6.07, 6.45) is 1.18. The molecule has 1 aliphatic rings. The second kappa shape index (κ2) is 6.64. The van der Waals surface area contributed by atoms with Crippen LogP contribution in [0, 0.1) is 12.7 Å². The summed E-state index contributed by atoms with van der Waals surface area (Å²) in [5.41, 5.74) is 7.07. The minimum absolute atomic E-state index is 0.0648. The van der Waals surface area contributed by atoms with Crippen molar-refractivity contribution in [1.82, 2.24) is 15.5 Å². The highest BCUT2D eigenvalue weighted by Crippen LogP contribution is 2.33. The number of amides is 4. The summed E-state index contributed by atoms with van der Waals surface area (Å²) in [4.78, 5) is 24.7. The number of nitrogens with two attached hydrogens (primary N) is 1. The maximum Gasteiger partial charge on any atom is 0.315 e. The Bertz CT molecular complexity index is 579. The predicted molar refractivity (Wildman–Crippen MR) is 80.8 cm³/mol. The number of nitrogens with one attached hydrogen (secondary N) is 2. The highest BCUT2D eigenvalue weighted by molar-refractivity contribution is 5.74. The van der Waals surface area contributed by atoms with Crippen LogP contribution in [0.2, 0.25) is 0 Å². The van der Waals surface area contributed by atoms with Crippen molar-refractivity contribution in [2.45, 2.75) is 31.8 Å². The number of hydrogen-bond acceptors (Lipinski definition) is 2. The first kappa shape index (κ1) is 16.1. The number of piperidine rings is 1. The van der Waals surface area contributed by atoms with Crippen molar-refractivity contribution in [3.05, 3.63) is 35.1 Å². The van der Waals surface area contributed by atoms with E-state index in [1.54, 1.807) is 24.9 Å². The highest BCUT2D eigenvalue weighted by atomic mass is 19.1. The molecular weight excluding hydrogens is 287 g/mol. The van der Waals surface area contributed by atoms with Crippen molar-refractivity contribution in [2.24, 2.45) is 5.73 Å². The van der Waals surface area contributed by atoms with Crippen LogP contribution in [0.25, 0.3) is 0 Å². The van der Waals surface area contributed by atoms with Crippen LogP contribution in [0.5, 0.6) is 0 Å². The highest BCUT2D eigenvalue weighted by Gasteiger charge is 2.33. The van der Waals surface area contributed by atoms with E-state index in [4.69, 9.17) is 5.73 Å². The molecule has 22 heavy (non-hydrogen) atoms. The van der Waals surface area contributed by atoms with E-state index in [1.807, 2.05) is 0 Å². The third-order valence-electron chi connectivity index (χ3n) is 4.04. The number of primary amides is 1. The van der Waals surface area contributed by atoms with Gasteiger partial charge in [0.25, 0.3) is 0 Å². The normalized spacial score (nSPS) is 21.3. The van der Waals surface area contributed by atoms with Gasteiger partial charge in [-0.25, -0.2) is 14.0 Å². The second-order valence-corrected chi connectivity index (χ2v) is 5.49. The molecule has 6 nitrogen and oxygen atoms in total. The lowest BCUT2D eigenvalue weighted by Crippen LogP contribution is -2.51. The standard InChI is InChI=1S/C15H21FN4O2/c1-9-7-10(16)3-4-12(9)13-8-11(19-15(22)18-2)5-6-20(13)14(17)21/h3-4,7,11,13H,5-6,8H2,1-2H3,(H2,17,21)(H2,18,19,22). The number of halogens is 1. The Morgan fingerprint density at radius 2 is 2.14 bits per heavy atom. The molecule has 1 fully saturated rings. The van der Waals surface area contributed by atoms with E-state index in [0.29, 0.717) is 19.4 Å². The zero-order valence-electron chi connectivity index (χ0n) is 12.7. The number of carbonyl (C=O) groups is 2. The smallest absolute Gasteiger partial charge is 0.315 e. The maximum atomic E-state index is 13.3. The summed E-state index contributed by atoms with van der Waals surface area (Å²) < 4.78 is 13.3. The summed E-state index contributed by atoms with van der Waals surface area (Å²) in [7, 11) is 1.55. The van der Waals surface area contributed by atoms with Gasteiger partial charge in [0.2, 0.25) is 0 Å². The SMILES string of the molecule is CNC(=O)NC1CCN(C(N)=O)C(c2ccc(F)cc2C)C1. The topological polar surface area (TPSA) is 87.5 Å². The largest absolute Gasteiger partial charge is 0.351 e. The Kier molecular flexibility index (Phi) is 4.85. The Morgan fingerprint density at radius 3 is 2.73 bits per heavy atom. The van der Waals surface area contributed by atoms with E-state index in [0.717, 1.165) is 11.1 Å². The molecular formula is C15H21FN4O2. The lowest BCUT2D eigenvalue weighted by Gasteiger charge is -2.39. The average molecular weight is 308 g/mol. The number of hydrogen-bond donors (Lipinski definition) is 3. The van der Waals surface area contributed by atoms with Crippen LogP contribution in [-0.4, -0.2) is 36.6 Å². The Morgan fingerprint density at radius 1 is 1.41 bits per heavy atom. The van der Waals surface area contributed by atoms with E-state index in [1.165, 1.54) is 12.1 Å². The van der Waals surface area contributed by atoms with E-state index in [-0.39, 0.29) is 23.9 Å². The molecule has 0 aliphatic carbocycles. The number of nitrogens with zero attached hydrogens (tertiary/aromatic N) is 1. The van der Waals surface area contributed by atoms with Gasteiger partial charge in [-0.15, -0.1) is 0 Å². The lowest BCUT2D eigenvalue weighted by molar-refractivity contribution is 0.144. The number of likely N-dealkylation sites (tertiary alicyclic amines) is 1. The van der Waals surface area contributed by atoms with Crippen LogP contribution in [0.15, 0.2) is 18.2 Å². The lowest BCUT2D eigenvalue weighted by atomic mass is 9.89. The van der Waals surface area contributed by atoms with E-state index in [9.17, 15) is 14.0 Å². The molecule has 0 spiro atoms. The monoisotopic (exact) mass is 308 g/mol. The maximum absolute atomic E-state index is 13.3. The molecule has 120 valence electrons. The van der Waals surface area contributed by atoms with Gasteiger partial charge in [0, 0.05) is 19.6 Å². The van der Waals surface area contributed by atoms with Crippen LogP contribution in [0.3, 0.4) is 0 Å². The van der Waals surface area contributed by atoms with Crippen molar-refractivity contribution < 1.29 is 14.0 Å². The fourth-order valence-corrected chi connectivity index (χ4v) is 2.93. The van der Waals surface area contributed by atoms with Gasteiger partial charge in [-0.05, 0) is 43.0 Å². The van der Waals surface area contributed by atoms with Crippen LogP contribution >= 0.6 is 0 Å². The molecule has 1 saturated heterocycles. The first-order chi connectivity index (χ1) is 10.4. The van der Waals surface area contributed by atoms with Gasteiger partial charge < -0.3 is 21.3 Å². The third kappa shape index (κ3) is 3.47. The van der Waals surface area contributed by atoms with Gasteiger partial charge in [-0.1, -0.05) is 6.07 Å². The number of carbonyl (C=O) groups excluding carboxylic acids is 2. The zero-order valence-corrected chi connectivity index (χ0v) is 12.7. The van der Waals surface area contributed by atoms with E-state index < -0.39 is 6.03 Å². The molecule has 0 radical (unpaired) electrons. The molecule has 0 saturated carbocycles. The molecule has 1 heterocycles. The van der Waals surface area contributed by atoms with Crippen LogP contribution < -0.4 is 16.4 Å². The van der Waals surface area contributed by atoms with Crippen molar-refractivity contribution in [2.75, 3.05) is 13.6 Å². The minimum atomic E-state index is -0.507. The fraction of sp³-hybridized carbons (Fsp3) is 0.467. The summed E-state index contributed by atoms with van der Waals surface area (Å²) in [6.45, 7) is 2.25. The van der Waals surface area contributed by atoms with Crippen LogP contribution in [0.1, 0.15) is 30.0 Å². The molecule has 4 N–H and O–H groups in total. The van der Waals surface area contributed by atoms with Gasteiger partial charge in [0.15, 0.2) is 0 Å². The Labute approximate surface area is 128 Å². The van der Waals surface area contributed by atoms with Gasteiger partial charge in [0.1, 0.15) is 5.82 Å². The number of aryl methyl sites for hydroxylation is 1. The van der Waals surface area contributed by atoms with E-state index in [2.05, 4.69) is 10.6 Å². The van der Waals surface area contributed by atoms with Crippen LogP contribution in [0.4, 0.5) is 14.0 Å². The second-order valence-electron chi connectivity index (χ2n) is 5.49. The van der Waals surface area contributed by atoms with Crippen LogP contribution in [-0.2, 0) is 0 Å². The van der Waals surface area contributed by atoms with E-state index >= 15 is 0 Å². The van der Waals surface area contributed by atoms with Gasteiger partial charge in [0.05, 0.1) is 6.04 Å². The van der Waals surface area contributed by atoms with Crippen molar-refractivity contribution >= 4 is 12.1 Å². The molecule has 7 heteroatoms. The number of rotatable bonds is 2. The number of urea groups is 2. The molecule has 2 unspecified atom stereocenters. The third-order valence-corrected chi connectivity index (χ3v) is 4.04. The average Bonchev–Trinajstić information content (AvgIpc) is 2.46. The van der Waals surface area contributed by atoms with Gasteiger partial charge in [-0.2, -0.15) is 0 Å². The first-order valence-electron chi connectivity index (χ1n) is 7.22.